The Bertz CT molecular complexity index is 367. The molecule has 11 heavy (non-hydrogen) atoms. The number of benzene rings is 1. The minimum atomic E-state index is 0.785. The van der Waals surface area contributed by atoms with Gasteiger partial charge in [0.2, 0.25) is 0 Å². The lowest BCUT2D eigenvalue weighted by molar-refractivity contribution is 1.42. The highest BCUT2D eigenvalue weighted by atomic mass is 32.1. The zero-order chi connectivity index (χ0) is 7.68. The summed E-state index contributed by atoms with van der Waals surface area (Å²) in [5.74, 6) is 0.785. The van der Waals surface area contributed by atoms with Crippen LogP contribution in [0.1, 0.15) is 5.56 Å². The molecule has 0 aliphatic heterocycles. The molecular formula is C8H7NS2. The van der Waals surface area contributed by atoms with Crippen molar-refractivity contribution < 1.29 is 0 Å². The third-order valence-corrected chi connectivity index (χ3v) is 2.75. The van der Waals surface area contributed by atoms with Gasteiger partial charge in [0.05, 0.1) is 15.7 Å². The van der Waals surface area contributed by atoms with E-state index in [1.165, 1.54) is 10.3 Å². The lowest BCUT2D eigenvalue weighted by Gasteiger charge is -1.93. The van der Waals surface area contributed by atoms with Gasteiger partial charge >= 0.3 is 0 Å². The molecule has 2 aromatic rings. The van der Waals surface area contributed by atoms with Crippen molar-refractivity contribution in [3.05, 3.63) is 29.3 Å². The summed E-state index contributed by atoms with van der Waals surface area (Å²) in [4.78, 5) is 4.21. The number of fused-ring (bicyclic) bond motifs is 1. The fourth-order valence-electron chi connectivity index (χ4n) is 1.00. The Hall–Kier alpha value is -0.540. The highest BCUT2D eigenvalue weighted by Gasteiger charge is 1.95. The fourth-order valence-corrected chi connectivity index (χ4v) is 1.86. The van der Waals surface area contributed by atoms with Crippen LogP contribution in [-0.4, -0.2) is 4.98 Å². The summed E-state index contributed by atoms with van der Waals surface area (Å²) < 4.78 is 1.25. The minimum Gasteiger partial charge on any atom is -0.245 e. The Morgan fingerprint density at radius 1 is 1.45 bits per heavy atom. The molecule has 0 amide bonds. The van der Waals surface area contributed by atoms with E-state index >= 15 is 0 Å². The molecule has 1 nitrogen and oxygen atoms in total. The summed E-state index contributed by atoms with van der Waals surface area (Å²) in [6.45, 7) is 0. The zero-order valence-corrected chi connectivity index (χ0v) is 7.53. The second-order valence-electron chi connectivity index (χ2n) is 2.31. The van der Waals surface area contributed by atoms with Gasteiger partial charge in [0.1, 0.15) is 0 Å². The maximum Gasteiger partial charge on any atom is 0.0815 e. The van der Waals surface area contributed by atoms with Crippen molar-refractivity contribution >= 4 is 34.2 Å². The summed E-state index contributed by atoms with van der Waals surface area (Å²) in [5, 5.41) is 0. The van der Waals surface area contributed by atoms with Gasteiger partial charge in [-0.1, -0.05) is 6.07 Å². The fraction of sp³-hybridized carbons (Fsp3) is 0.125. The van der Waals surface area contributed by atoms with E-state index in [1.54, 1.807) is 11.3 Å². The van der Waals surface area contributed by atoms with E-state index in [4.69, 9.17) is 0 Å². The molecule has 0 bridgehead atoms. The maximum absolute atomic E-state index is 4.21. The summed E-state index contributed by atoms with van der Waals surface area (Å²) in [6.07, 6.45) is 0. The molecule has 1 aromatic heterocycles. The van der Waals surface area contributed by atoms with E-state index in [0.717, 1.165) is 11.3 Å². The Kier molecular flexibility index (Phi) is 1.84. The molecule has 2 rings (SSSR count). The largest absolute Gasteiger partial charge is 0.245 e. The van der Waals surface area contributed by atoms with Crippen molar-refractivity contribution in [3.63, 3.8) is 0 Å². The minimum absolute atomic E-state index is 0.785. The third-order valence-electron chi connectivity index (χ3n) is 1.58. The molecule has 0 spiro atoms. The number of aromatic nitrogens is 1. The van der Waals surface area contributed by atoms with Crippen LogP contribution in [-0.2, 0) is 5.75 Å². The highest BCUT2D eigenvalue weighted by molar-refractivity contribution is 7.79. The van der Waals surface area contributed by atoms with E-state index in [2.05, 4.69) is 35.8 Å². The van der Waals surface area contributed by atoms with Crippen LogP contribution < -0.4 is 0 Å². The molecule has 0 unspecified atom stereocenters. The van der Waals surface area contributed by atoms with Gasteiger partial charge < -0.3 is 0 Å². The summed E-state index contributed by atoms with van der Waals surface area (Å²) in [7, 11) is 0. The maximum atomic E-state index is 4.21. The average Bonchev–Trinajstić information content (AvgIpc) is 2.50. The van der Waals surface area contributed by atoms with Crippen LogP contribution in [0.25, 0.3) is 10.2 Å². The molecule has 0 atom stereocenters. The van der Waals surface area contributed by atoms with Crippen molar-refractivity contribution in [3.8, 4) is 0 Å². The Balaban J connectivity index is 2.67. The normalized spacial score (nSPS) is 10.6. The molecule has 0 fully saturated rings. The predicted molar refractivity (Wildman–Crippen MR) is 52.3 cm³/mol. The van der Waals surface area contributed by atoms with Gasteiger partial charge in [-0.25, -0.2) is 4.98 Å². The van der Waals surface area contributed by atoms with E-state index in [0.29, 0.717) is 0 Å². The van der Waals surface area contributed by atoms with Gasteiger partial charge in [0.25, 0.3) is 0 Å². The van der Waals surface area contributed by atoms with Crippen LogP contribution in [0.3, 0.4) is 0 Å². The summed E-state index contributed by atoms with van der Waals surface area (Å²) in [6, 6.07) is 6.27. The van der Waals surface area contributed by atoms with Gasteiger partial charge in [0.15, 0.2) is 0 Å². The van der Waals surface area contributed by atoms with Crippen LogP contribution >= 0.6 is 24.0 Å². The lowest BCUT2D eigenvalue weighted by Crippen LogP contribution is -1.75. The van der Waals surface area contributed by atoms with Crippen LogP contribution in [0.4, 0.5) is 0 Å². The number of nitrogens with zero attached hydrogens (tertiary/aromatic N) is 1. The molecule has 0 radical (unpaired) electrons. The monoisotopic (exact) mass is 181 g/mol. The number of hydrogen-bond acceptors (Lipinski definition) is 3. The Morgan fingerprint density at radius 2 is 2.36 bits per heavy atom. The zero-order valence-electron chi connectivity index (χ0n) is 5.82. The molecular weight excluding hydrogens is 174 g/mol. The summed E-state index contributed by atoms with van der Waals surface area (Å²) in [5.41, 5.74) is 4.18. The molecule has 1 aromatic carbocycles. The van der Waals surface area contributed by atoms with Gasteiger partial charge in [-0.05, 0) is 17.7 Å². The molecule has 0 aliphatic carbocycles. The third kappa shape index (κ3) is 1.26. The molecule has 1 heterocycles. The Labute approximate surface area is 74.5 Å². The number of thiazole rings is 1. The van der Waals surface area contributed by atoms with E-state index in [-0.39, 0.29) is 0 Å². The van der Waals surface area contributed by atoms with Crippen molar-refractivity contribution in [2.45, 2.75) is 5.75 Å². The topological polar surface area (TPSA) is 12.9 Å². The first-order valence-electron chi connectivity index (χ1n) is 3.33. The highest BCUT2D eigenvalue weighted by Crippen LogP contribution is 2.19. The lowest BCUT2D eigenvalue weighted by atomic mass is 10.2. The quantitative estimate of drug-likeness (QED) is 0.667. The van der Waals surface area contributed by atoms with Gasteiger partial charge in [0, 0.05) is 5.75 Å². The summed E-state index contributed by atoms with van der Waals surface area (Å²) >= 11 is 5.86. The van der Waals surface area contributed by atoms with Crippen LogP contribution in [0.5, 0.6) is 0 Å². The van der Waals surface area contributed by atoms with Crippen LogP contribution in [0.15, 0.2) is 23.7 Å². The SMILES string of the molecule is SCc1ccc2scnc2c1. The smallest absolute Gasteiger partial charge is 0.0815 e. The molecule has 0 N–H and O–H groups in total. The van der Waals surface area contributed by atoms with E-state index in [9.17, 15) is 0 Å². The Morgan fingerprint density at radius 3 is 3.18 bits per heavy atom. The van der Waals surface area contributed by atoms with Crippen molar-refractivity contribution in [2.24, 2.45) is 0 Å². The van der Waals surface area contributed by atoms with Crippen molar-refractivity contribution in [1.82, 2.24) is 4.98 Å². The first kappa shape index (κ1) is 7.13. The average molecular weight is 181 g/mol. The van der Waals surface area contributed by atoms with E-state index in [1.807, 2.05) is 5.51 Å². The van der Waals surface area contributed by atoms with Crippen molar-refractivity contribution in [1.29, 1.82) is 0 Å². The first-order chi connectivity index (χ1) is 5.40. The number of hydrogen-bond donors (Lipinski definition) is 1. The van der Waals surface area contributed by atoms with Gasteiger partial charge in [-0.15, -0.1) is 11.3 Å². The number of rotatable bonds is 1. The molecule has 0 aliphatic rings. The second kappa shape index (κ2) is 2.83. The second-order valence-corrected chi connectivity index (χ2v) is 3.52. The van der Waals surface area contributed by atoms with Gasteiger partial charge in [-0.2, -0.15) is 12.6 Å². The van der Waals surface area contributed by atoms with Crippen LogP contribution in [0.2, 0.25) is 0 Å². The van der Waals surface area contributed by atoms with Gasteiger partial charge in [-0.3, -0.25) is 0 Å². The predicted octanol–water partition coefficient (Wildman–Crippen LogP) is 2.73. The number of thiol groups is 1. The van der Waals surface area contributed by atoms with Crippen molar-refractivity contribution in [2.75, 3.05) is 0 Å². The molecule has 0 saturated carbocycles. The first-order valence-corrected chi connectivity index (χ1v) is 4.84. The molecule has 56 valence electrons. The molecule has 0 saturated heterocycles. The van der Waals surface area contributed by atoms with E-state index < -0.39 is 0 Å². The standard InChI is InChI=1S/C8H7NS2/c10-4-6-1-2-8-7(3-6)9-5-11-8/h1-3,5,10H,4H2. The molecule has 3 heteroatoms. The van der Waals surface area contributed by atoms with Crippen LogP contribution in [0, 0.1) is 0 Å².